The van der Waals surface area contributed by atoms with Crippen LogP contribution in [0.25, 0.3) is 0 Å². The van der Waals surface area contributed by atoms with Crippen LogP contribution in [-0.2, 0) is 4.79 Å². The molecule has 1 atom stereocenters. The Hall–Kier alpha value is -0.280. The van der Waals surface area contributed by atoms with Crippen LogP contribution in [0.15, 0.2) is 0 Å². The fraction of sp³-hybridized carbons (Fsp3) is 0.917. The lowest BCUT2D eigenvalue weighted by Crippen LogP contribution is -2.40. The van der Waals surface area contributed by atoms with Crippen molar-refractivity contribution in [3.05, 3.63) is 0 Å². The lowest BCUT2D eigenvalue weighted by atomic mass is 9.83. The van der Waals surface area contributed by atoms with Crippen molar-refractivity contribution in [1.82, 2.24) is 5.32 Å². The van der Waals surface area contributed by atoms with Crippen LogP contribution < -0.4 is 11.1 Å². The number of hydrogen-bond donors (Lipinski definition) is 2. The topological polar surface area (TPSA) is 55.1 Å². The van der Waals surface area contributed by atoms with Gasteiger partial charge in [0.25, 0.3) is 0 Å². The largest absolute Gasteiger partial charge is 0.355 e. The van der Waals surface area contributed by atoms with Gasteiger partial charge in [0, 0.05) is 12.0 Å². The van der Waals surface area contributed by atoms with E-state index in [1.165, 1.54) is 0 Å². The van der Waals surface area contributed by atoms with Crippen LogP contribution >= 0.6 is 12.4 Å². The molecule has 0 heterocycles. The summed E-state index contributed by atoms with van der Waals surface area (Å²) >= 11 is 0. The van der Waals surface area contributed by atoms with Crippen LogP contribution in [-0.4, -0.2) is 19.0 Å². The van der Waals surface area contributed by atoms with Crippen molar-refractivity contribution < 1.29 is 4.79 Å². The second-order valence-electron chi connectivity index (χ2n) is 5.53. The first-order valence-corrected chi connectivity index (χ1v) is 5.78. The number of nitrogens with one attached hydrogen (secondary N) is 1. The molecule has 0 fully saturated rings. The molecule has 3 nitrogen and oxygen atoms in total. The molecule has 0 aliphatic rings. The molecule has 0 aromatic carbocycles. The van der Waals surface area contributed by atoms with E-state index in [9.17, 15) is 4.79 Å². The second kappa shape index (κ2) is 7.91. The number of halogens is 1. The summed E-state index contributed by atoms with van der Waals surface area (Å²) in [7, 11) is 0. The molecule has 1 unspecified atom stereocenters. The maximum atomic E-state index is 11.9. The van der Waals surface area contributed by atoms with E-state index in [2.05, 4.69) is 19.2 Å². The monoisotopic (exact) mass is 250 g/mol. The Bertz CT molecular complexity index is 205. The molecule has 0 saturated heterocycles. The lowest BCUT2D eigenvalue weighted by Gasteiger charge is -2.26. The fourth-order valence-corrected chi connectivity index (χ4v) is 1.70. The Morgan fingerprint density at radius 2 is 1.81 bits per heavy atom. The molecule has 0 radical (unpaired) electrons. The second-order valence-corrected chi connectivity index (χ2v) is 5.53. The van der Waals surface area contributed by atoms with E-state index in [0.29, 0.717) is 24.9 Å². The number of carbonyl (C=O) groups is 1. The van der Waals surface area contributed by atoms with Crippen molar-refractivity contribution in [1.29, 1.82) is 0 Å². The van der Waals surface area contributed by atoms with Crippen LogP contribution in [0.4, 0.5) is 0 Å². The molecule has 0 aliphatic heterocycles. The smallest absolute Gasteiger partial charge is 0.225 e. The lowest BCUT2D eigenvalue weighted by molar-refractivity contribution is -0.130. The maximum absolute atomic E-state index is 11.9. The Morgan fingerprint density at radius 1 is 1.31 bits per heavy atom. The average molecular weight is 251 g/mol. The van der Waals surface area contributed by atoms with E-state index in [0.717, 1.165) is 6.42 Å². The zero-order valence-corrected chi connectivity index (χ0v) is 12.0. The molecule has 4 heteroatoms. The molecule has 3 N–H and O–H groups in total. The van der Waals surface area contributed by atoms with Gasteiger partial charge in [-0.3, -0.25) is 4.79 Å². The van der Waals surface area contributed by atoms with Gasteiger partial charge in [-0.05, 0) is 24.8 Å². The van der Waals surface area contributed by atoms with E-state index >= 15 is 0 Å². The van der Waals surface area contributed by atoms with Crippen LogP contribution in [0.1, 0.15) is 41.0 Å². The van der Waals surface area contributed by atoms with Crippen molar-refractivity contribution in [3.8, 4) is 0 Å². The minimum absolute atomic E-state index is 0. The van der Waals surface area contributed by atoms with E-state index in [1.54, 1.807) is 0 Å². The molecule has 98 valence electrons. The zero-order chi connectivity index (χ0) is 12.1. The van der Waals surface area contributed by atoms with Crippen LogP contribution in [0.5, 0.6) is 0 Å². The van der Waals surface area contributed by atoms with Crippen molar-refractivity contribution in [2.75, 3.05) is 13.1 Å². The van der Waals surface area contributed by atoms with E-state index < -0.39 is 0 Å². The van der Waals surface area contributed by atoms with Gasteiger partial charge >= 0.3 is 0 Å². The van der Waals surface area contributed by atoms with Crippen molar-refractivity contribution in [2.24, 2.45) is 23.0 Å². The minimum atomic E-state index is -0.275. The molecular formula is C12H27ClN2O. The molecular weight excluding hydrogens is 224 g/mol. The van der Waals surface area contributed by atoms with E-state index in [-0.39, 0.29) is 23.7 Å². The third-order valence-electron chi connectivity index (χ3n) is 2.55. The van der Waals surface area contributed by atoms with Crippen molar-refractivity contribution >= 4 is 18.3 Å². The average Bonchev–Trinajstić information content (AvgIpc) is 2.11. The summed E-state index contributed by atoms with van der Waals surface area (Å²) in [4.78, 5) is 11.9. The summed E-state index contributed by atoms with van der Waals surface area (Å²) < 4.78 is 0. The van der Waals surface area contributed by atoms with Gasteiger partial charge in [-0.15, -0.1) is 12.4 Å². The number of nitrogens with two attached hydrogens (primary N) is 1. The summed E-state index contributed by atoms with van der Waals surface area (Å²) in [5.74, 6) is 1.03. The van der Waals surface area contributed by atoms with Gasteiger partial charge in [-0.25, -0.2) is 0 Å². The maximum Gasteiger partial charge on any atom is 0.225 e. The first kappa shape index (κ1) is 18.1. The Kier molecular flexibility index (Phi) is 8.94. The summed E-state index contributed by atoms with van der Waals surface area (Å²) in [6.07, 6.45) is 0.913. The molecule has 0 aromatic heterocycles. The predicted octanol–water partition coefficient (Wildman–Crippen LogP) is 2.19. The van der Waals surface area contributed by atoms with Gasteiger partial charge in [0.05, 0.1) is 0 Å². The van der Waals surface area contributed by atoms with E-state index in [4.69, 9.17) is 5.73 Å². The standard InChI is InChI=1S/C12H26N2O.ClH/c1-9(2)6-12(4,5)11(15)14-8-10(3)7-13;/h9-10H,6-8,13H2,1-5H3,(H,14,15);1H. The molecule has 0 aromatic rings. The van der Waals surface area contributed by atoms with E-state index in [1.807, 2.05) is 20.8 Å². The van der Waals surface area contributed by atoms with Crippen molar-refractivity contribution in [2.45, 2.75) is 41.0 Å². The Labute approximate surface area is 106 Å². The van der Waals surface area contributed by atoms with Crippen LogP contribution in [0, 0.1) is 17.3 Å². The normalized spacial score (nSPS) is 13.2. The molecule has 1 amide bonds. The number of hydrogen-bond acceptors (Lipinski definition) is 2. The summed E-state index contributed by atoms with van der Waals surface area (Å²) in [5.41, 5.74) is 5.22. The highest BCUT2D eigenvalue weighted by atomic mass is 35.5. The van der Waals surface area contributed by atoms with Gasteiger partial charge in [0.1, 0.15) is 0 Å². The SMILES string of the molecule is CC(C)CC(C)(C)C(=O)NCC(C)CN.Cl. The van der Waals surface area contributed by atoms with Gasteiger partial charge in [0.15, 0.2) is 0 Å². The molecule has 16 heavy (non-hydrogen) atoms. The summed E-state index contributed by atoms with van der Waals surface area (Å²) in [5, 5.41) is 2.96. The molecule has 0 aliphatic carbocycles. The van der Waals surface area contributed by atoms with Gasteiger partial charge in [0.2, 0.25) is 5.91 Å². The first-order chi connectivity index (χ1) is 6.79. The van der Waals surface area contributed by atoms with Crippen LogP contribution in [0.3, 0.4) is 0 Å². The van der Waals surface area contributed by atoms with Gasteiger partial charge < -0.3 is 11.1 Å². The quantitative estimate of drug-likeness (QED) is 0.759. The number of rotatable bonds is 6. The first-order valence-electron chi connectivity index (χ1n) is 5.78. The van der Waals surface area contributed by atoms with Gasteiger partial charge in [-0.1, -0.05) is 34.6 Å². The molecule has 0 saturated carbocycles. The Balaban J connectivity index is 0. The molecule has 0 bridgehead atoms. The Morgan fingerprint density at radius 3 is 2.19 bits per heavy atom. The summed E-state index contributed by atoms with van der Waals surface area (Å²) in [6, 6.07) is 0. The third-order valence-corrected chi connectivity index (χ3v) is 2.55. The molecule has 0 spiro atoms. The molecule has 0 rings (SSSR count). The number of carbonyl (C=O) groups excluding carboxylic acids is 1. The third kappa shape index (κ3) is 7.07. The highest BCUT2D eigenvalue weighted by Gasteiger charge is 2.28. The minimum Gasteiger partial charge on any atom is -0.355 e. The zero-order valence-electron chi connectivity index (χ0n) is 11.2. The van der Waals surface area contributed by atoms with Crippen LogP contribution in [0.2, 0.25) is 0 Å². The van der Waals surface area contributed by atoms with Gasteiger partial charge in [-0.2, -0.15) is 0 Å². The predicted molar refractivity (Wildman–Crippen MR) is 71.7 cm³/mol. The van der Waals surface area contributed by atoms with Crippen molar-refractivity contribution in [3.63, 3.8) is 0 Å². The summed E-state index contributed by atoms with van der Waals surface area (Å²) in [6.45, 7) is 11.6. The highest BCUT2D eigenvalue weighted by molar-refractivity contribution is 5.85. The highest BCUT2D eigenvalue weighted by Crippen LogP contribution is 2.25. The number of amides is 1. The fourth-order valence-electron chi connectivity index (χ4n) is 1.70.